The molecular weight excluding hydrogens is 204 g/mol. The van der Waals surface area contributed by atoms with E-state index >= 15 is 0 Å². The Labute approximate surface area is 95.0 Å². The summed E-state index contributed by atoms with van der Waals surface area (Å²) in [5.41, 5.74) is 0.776. The normalized spacial score (nSPS) is 19.4. The number of nitrogens with one attached hydrogen (secondary N) is 2. The third kappa shape index (κ3) is 2.52. The lowest BCUT2D eigenvalue weighted by Gasteiger charge is -2.11. The monoisotopic (exact) mass is 220 g/mol. The average molecular weight is 220 g/mol. The van der Waals surface area contributed by atoms with E-state index in [1.807, 2.05) is 24.3 Å². The highest BCUT2D eigenvalue weighted by Crippen LogP contribution is 2.17. The average Bonchev–Trinajstić information content (AvgIpc) is 2.83. The van der Waals surface area contributed by atoms with E-state index in [9.17, 15) is 4.79 Å². The molecule has 0 spiro atoms. The summed E-state index contributed by atoms with van der Waals surface area (Å²) < 4.78 is 5.09. The van der Waals surface area contributed by atoms with Gasteiger partial charge in [-0.25, -0.2) is 0 Å². The molecule has 1 aliphatic heterocycles. The van der Waals surface area contributed by atoms with Crippen LogP contribution in [0, 0.1) is 0 Å². The molecule has 0 unspecified atom stereocenters. The first kappa shape index (κ1) is 11.0. The minimum Gasteiger partial charge on any atom is -0.497 e. The zero-order chi connectivity index (χ0) is 11.4. The van der Waals surface area contributed by atoms with Crippen molar-refractivity contribution in [3.63, 3.8) is 0 Å². The third-order valence-corrected chi connectivity index (χ3v) is 2.71. The van der Waals surface area contributed by atoms with Crippen LogP contribution in [-0.2, 0) is 4.79 Å². The second-order valence-electron chi connectivity index (χ2n) is 3.87. The Morgan fingerprint density at radius 3 is 3.12 bits per heavy atom. The van der Waals surface area contributed by atoms with Gasteiger partial charge >= 0.3 is 0 Å². The molecule has 86 valence electrons. The molecule has 0 aliphatic carbocycles. The van der Waals surface area contributed by atoms with Crippen molar-refractivity contribution in [3.8, 4) is 5.75 Å². The molecule has 0 aromatic heterocycles. The maximum atomic E-state index is 11.8. The molecule has 1 saturated heterocycles. The minimum atomic E-state index is -0.0498. The molecule has 2 N–H and O–H groups in total. The van der Waals surface area contributed by atoms with E-state index in [1.54, 1.807) is 7.11 Å². The highest BCUT2D eigenvalue weighted by atomic mass is 16.5. The summed E-state index contributed by atoms with van der Waals surface area (Å²) in [5.74, 6) is 0.780. The Morgan fingerprint density at radius 2 is 2.44 bits per heavy atom. The van der Waals surface area contributed by atoms with E-state index in [0.717, 1.165) is 30.8 Å². The molecule has 0 bridgehead atoms. The van der Waals surface area contributed by atoms with Crippen LogP contribution in [0.3, 0.4) is 0 Å². The van der Waals surface area contributed by atoms with Gasteiger partial charge in [-0.2, -0.15) is 0 Å². The fourth-order valence-corrected chi connectivity index (χ4v) is 1.84. The first-order valence-electron chi connectivity index (χ1n) is 5.48. The van der Waals surface area contributed by atoms with Crippen molar-refractivity contribution >= 4 is 11.6 Å². The Balaban J connectivity index is 1.99. The van der Waals surface area contributed by atoms with Gasteiger partial charge in [0.2, 0.25) is 5.91 Å². The molecular formula is C12H16N2O2. The van der Waals surface area contributed by atoms with E-state index in [-0.39, 0.29) is 11.9 Å². The molecule has 1 heterocycles. The SMILES string of the molecule is COc1cccc(NC(=O)[C@H]2CCCN2)c1. The van der Waals surface area contributed by atoms with E-state index in [0.29, 0.717) is 0 Å². The zero-order valence-corrected chi connectivity index (χ0v) is 9.32. The molecule has 1 atom stereocenters. The molecule has 2 rings (SSSR count). The van der Waals surface area contributed by atoms with Crippen LogP contribution in [0.4, 0.5) is 5.69 Å². The standard InChI is InChI=1S/C12H16N2O2/c1-16-10-5-2-4-9(8-10)14-12(15)11-6-3-7-13-11/h2,4-5,8,11,13H,3,6-7H2,1H3,(H,14,15)/t11-/m1/s1. The fourth-order valence-electron chi connectivity index (χ4n) is 1.84. The van der Waals surface area contributed by atoms with Gasteiger partial charge in [-0.1, -0.05) is 6.07 Å². The van der Waals surface area contributed by atoms with Crippen LogP contribution in [0.25, 0.3) is 0 Å². The van der Waals surface area contributed by atoms with Crippen molar-refractivity contribution in [1.29, 1.82) is 0 Å². The number of hydrogen-bond acceptors (Lipinski definition) is 3. The van der Waals surface area contributed by atoms with Crippen LogP contribution >= 0.6 is 0 Å². The van der Waals surface area contributed by atoms with E-state index in [1.165, 1.54) is 0 Å². The smallest absolute Gasteiger partial charge is 0.241 e. The lowest BCUT2D eigenvalue weighted by Crippen LogP contribution is -2.35. The van der Waals surface area contributed by atoms with Crippen LogP contribution in [0.5, 0.6) is 5.75 Å². The molecule has 1 aromatic carbocycles. The van der Waals surface area contributed by atoms with Crippen molar-refractivity contribution < 1.29 is 9.53 Å². The summed E-state index contributed by atoms with van der Waals surface area (Å²) in [7, 11) is 1.61. The molecule has 1 amide bonds. The van der Waals surface area contributed by atoms with Gasteiger partial charge in [-0.15, -0.1) is 0 Å². The number of amides is 1. The maximum absolute atomic E-state index is 11.8. The maximum Gasteiger partial charge on any atom is 0.241 e. The van der Waals surface area contributed by atoms with E-state index in [4.69, 9.17) is 4.74 Å². The van der Waals surface area contributed by atoms with Gasteiger partial charge in [-0.3, -0.25) is 4.79 Å². The van der Waals surface area contributed by atoms with Crippen molar-refractivity contribution in [2.45, 2.75) is 18.9 Å². The van der Waals surface area contributed by atoms with Crippen molar-refractivity contribution in [2.24, 2.45) is 0 Å². The van der Waals surface area contributed by atoms with Crippen molar-refractivity contribution in [3.05, 3.63) is 24.3 Å². The number of benzene rings is 1. The second kappa shape index (κ2) is 4.99. The second-order valence-corrected chi connectivity index (χ2v) is 3.87. The highest BCUT2D eigenvalue weighted by molar-refractivity contribution is 5.95. The minimum absolute atomic E-state index is 0.0331. The van der Waals surface area contributed by atoms with Crippen LogP contribution in [0.1, 0.15) is 12.8 Å². The largest absolute Gasteiger partial charge is 0.497 e. The first-order chi connectivity index (χ1) is 7.79. The molecule has 4 heteroatoms. The summed E-state index contributed by atoms with van der Waals surface area (Å²) in [6, 6.07) is 7.33. The predicted octanol–water partition coefficient (Wildman–Crippen LogP) is 1.39. The van der Waals surface area contributed by atoms with Gasteiger partial charge < -0.3 is 15.4 Å². The first-order valence-corrected chi connectivity index (χ1v) is 5.48. The predicted molar refractivity (Wildman–Crippen MR) is 62.6 cm³/mol. The summed E-state index contributed by atoms with van der Waals surface area (Å²) >= 11 is 0. The number of hydrogen-bond donors (Lipinski definition) is 2. The Morgan fingerprint density at radius 1 is 1.56 bits per heavy atom. The lowest BCUT2D eigenvalue weighted by atomic mass is 10.2. The Kier molecular flexibility index (Phi) is 3.41. The Hall–Kier alpha value is -1.55. The van der Waals surface area contributed by atoms with Gasteiger partial charge in [0.15, 0.2) is 0 Å². The molecule has 1 aromatic rings. The number of methoxy groups -OCH3 is 1. The van der Waals surface area contributed by atoms with Gasteiger partial charge in [-0.05, 0) is 31.5 Å². The number of carbonyl (C=O) groups is 1. The molecule has 0 radical (unpaired) electrons. The van der Waals surface area contributed by atoms with Crippen LogP contribution in [0.15, 0.2) is 24.3 Å². The quantitative estimate of drug-likeness (QED) is 0.809. The zero-order valence-electron chi connectivity index (χ0n) is 9.32. The summed E-state index contributed by atoms with van der Waals surface area (Å²) in [4.78, 5) is 11.8. The molecule has 0 saturated carbocycles. The number of anilines is 1. The Bertz CT molecular complexity index is 373. The number of ether oxygens (including phenoxy) is 1. The van der Waals surface area contributed by atoms with Crippen molar-refractivity contribution in [2.75, 3.05) is 19.0 Å². The third-order valence-electron chi connectivity index (χ3n) is 2.71. The topological polar surface area (TPSA) is 50.4 Å². The van der Waals surface area contributed by atoms with Crippen molar-refractivity contribution in [1.82, 2.24) is 5.32 Å². The number of carbonyl (C=O) groups excluding carboxylic acids is 1. The molecule has 1 fully saturated rings. The summed E-state index contributed by atoms with van der Waals surface area (Å²) in [6.45, 7) is 0.927. The van der Waals surface area contributed by atoms with Crippen LogP contribution in [0.2, 0.25) is 0 Å². The van der Waals surface area contributed by atoms with Gasteiger partial charge in [0, 0.05) is 11.8 Å². The van der Waals surface area contributed by atoms with E-state index in [2.05, 4.69) is 10.6 Å². The summed E-state index contributed by atoms with van der Waals surface area (Å²) in [5, 5.41) is 6.04. The van der Waals surface area contributed by atoms with Crippen LogP contribution < -0.4 is 15.4 Å². The van der Waals surface area contributed by atoms with E-state index < -0.39 is 0 Å². The summed E-state index contributed by atoms with van der Waals surface area (Å²) in [6.07, 6.45) is 1.98. The molecule has 16 heavy (non-hydrogen) atoms. The van der Waals surface area contributed by atoms with Gasteiger partial charge in [0.05, 0.1) is 13.2 Å². The van der Waals surface area contributed by atoms with Crippen LogP contribution in [-0.4, -0.2) is 25.6 Å². The fraction of sp³-hybridized carbons (Fsp3) is 0.417. The van der Waals surface area contributed by atoms with Gasteiger partial charge in [0.1, 0.15) is 5.75 Å². The lowest BCUT2D eigenvalue weighted by molar-refractivity contribution is -0.117. The molecule has 1 aliphatic rings. The highest BCUT2D eigenvalue weighted by Gasteiger charge is 2.21. The number of rotatable bonds is 3. The van der Waals surface area contributed by atoms with Gasteiger partial charge in [0.25, 0.3) is 0 Å². The molecule has 4 nitrogen and oxygen atoms in total.